The van der Waals surface area contributed by atoms with E-state index >= 15 is 0 Å². The van der Waals surface area contributed by atoms with Crippen molar-refractivity contribution in [2.45, 2.75) is 6.92 Å². The molecule has 0 saturated heterocycles. The van der Waals surface area contributed by atoms with Gasteiger partial charge < -0.3 is 10.2 Å². The van der Waals surface area contributed by atoms with Gasteiger partial charge in [-0.1, -0.05) is 18.2 Å². The van der Waals surface area contributed by atoms with Crippen molar-refractivity contribution in [1.29, 1.82) is 0 Å². The number of carbonyl (C=O) groups is 1. The second-order valence-electron chi connectivity index (χ2n) is 6.88. The third-order valence-corrected chi connectivity index (χ3v) is 4.63. The Bertz CT molecular complexity index is 1160. The van der Waals surface area contributed by atoms with Gasteiger partial charge >= 0.3 is 0 Å². The zero-order valence-electron chi connectivity index (χ0n) is 16.0. The van der Waals surface area contributed by atoms with Crippen LogP contribution in [0.15, 0.2) is 66.9 Å². The molecule has 0 saturated carbocycles. The number of carbonyl (C=O) groups excluding carboxylic acids is 1. The maximum absolute atomic E-state index is 12.7. The molecule has 1 amide bonds. The van der Waals surface area contributed by atoms with Crippen LogP contribution < -0.4 is 10.2 Å². The predicted molar refractivity (Wildman–Crippen MR) is 112 cm³/mol. The van der Waals surface area contributed by atoms with Gasteiger partial charge in [0.05, 0.1) is 0 Å². The minimum absolute atomic E-state index is 0.142. The van der Waals surface area contributed by atoms with E-state index in [1.807, 2.05) is 97.2 Å². The first-order valence-electron chi connectivity index (χ1n) is 9.02. The van der Waals surface area contributed by atoms with Crippen molar-refractivity contribution in [2.24, 2.45) is 0 Å². The van der Waals surface area contributed by atoms with Gasteiger partial charge in [-0.2, -0.15) is 0 Å². The van der Waals surface area contributed by atoms with Crippen LogP contribution in [-0.2, 0) is 0 Å². The van der Waals surface area contributed by atoms with Crippen molar-refractivity contribution in [2.75, 3.05) is 24.3 Å². The summed E-state index contributed by atoms with van der Waals surface area (Å²) in [6.07, 6.45) is 1.92. The molecule has 0 bridgehead atoms. The molecule has 0 aliphatic rings. The molecule has 0 atom stereocenters. The van der Waals surface area contributed by atoms with Crippen LogP contribution in [-0.4, -0.2) is 34.6 Å². The number of anilines is 2. The molecule has 4 rings (SSSR count). The lowest BCUT2D eigenvalue weighted by Crippen LogP contribution is -2.14. The molecule has 140 valence electrons. The third kappa shape index (κ3) is 3.32. The smallest absolute Gasteiger partial charge is 0.255 e. The van der Waals surface area contributed by atoms with Crippen molar-refractivity contribution in [3.8, 4) is 11.4 Å². The van der Waals surface area contributed by atoms with Gasteiger partial charge in [-0.05, 0) is 55.0 Å². The van der Waals surface area contributed by atoms with E-state index in [2.05, 4.69) is 15.5 Å². The second kappa shape index (κ2) is 7.15. The monoisotopic (exact) mass is 371 g/mol. The molecule has 0 unspecified atom stereocenters. The predicted octanol–water partition coefficient (Wildman–Crippen LogP) is 4.02. The van der Waals surface area contributed by atoms with E-state index in [-0.39, 0.29) is 5.91 Å². The summed E-state index contributed by atoms with van der Waals surface area (Å²) < 4.78 is 1.92. The first kappa shape index (κ1) is 17.7. The van der Waals surface area contributed by atoms with Crippen molar-refractivity contribution >= 4 is 22.9 Å². The van der Waals surface area contributed by atoms with Gasteiger partial charge in [-0.25, -0.2) is 0 Å². The van der Waals surface area contributed by atoms with Gasteiger partial charge in [-0.15, -0.1) is 10.2 Å². The van der Waals surface area contributed by atoms with Crippen LogP contribution in [0.5, 0.6) is 0 Å². The van der Waals surface area contributed by atoms with Gasteiger partial charge in [0.2, 0.25) is 0 Å². The molecule has 28 heavy (non-hydrogen) atoms. The highest BCUT2D eigenvalue weighted by Crippen LogP contribution is 2.23. The summed E-state index contributed by atoms with van der Waals surface area (Å²) in [4.78, 5) is 14.7. The van der Waals surface area contributed by atoms with Crippen LogP contribution in [0.3, 0.4) is 0 Å². The first-order chi connectivity index (χ1) is 13.5. The molecular weight excluding hydrogens is 350 g/mol. The lowest BCUT2D eigenvalue weighted by atomic mass is 10.1. The van der Waals surface area contributed by atoms with Crippen molar-refractivity contribution in [3.63, 3.8) is 0 Å². The van der Waals surface area contributed by atoms with Crippen molar-refractivity contribution in [1.82, 2.24) is 14.6 Å². The standard InChI is InChI=1S/C22H21N5O/c1-15-13-17(10-11-19(15)26(2)3)22(28)23-18-8-6-7-16(14-18)21-25-24-20-9-4-5-12-27(20)21/h4-14H,1-3H3,(H,23,28). The molecule has 0 fully saturated rings. The summed E-state index contributed by atoms with van der Waals surface area (Å²) in [5.41, 5.74) is 5.16. The molecule has 6 heteroatoms. The molecular formula is C22H21N5O. The molecule has 1 N–H and O–H groups in total. The number of benzene rings is 2. The molecule has 2 aromatic carbocycles. The van der Waals surface area contributed by atoms with E-state index in [1.165, 1.54) is 0 Å². The zero-order chi connectivity index (χ0) is 19.7. The normalized spacial score (nSPS) is 10.8. The highest BCUT2D eigenvalue weighted by Gasteiger charge is 2.11. The number of aromatic nitrogens is 3. The first-order valence-corrected chi connectivity index (χ1v) is 9.02. The van der Waals surface area contributed by atoms with Gasteiger partial charge in [0, 0.05) is 42.8 Å². The lowest BCUT2D eigenvalue weighted by Gasteiger charge is -2.16. The Morgan fingerprint density at radius 1 is 1.00 bits per heavy atom. The number of pyridine rings is 1. The highest BCUT2D eigenvalue weighted by molar-refractivity contribution is 6.04. The summed E-state index contributed by atoms with van der Waals surface area (Å²) in [6, 6.07) is 19.1. The molecule has 0 radical (unpaired) electrons. The number of fused-ring (bicyclic) bond motifs is 1. The number of nitrogens with zero attached hydrogens (tertiary/aromatic N) is 4. The summed E-state index contributed by atoms with van der Waals surface area (Å²) in [5, 5.41) is 11.4. The van der Waals surface area contributed by atoms with Crippen LogP contribution in [0.25, 0.3) is 17.0 Å². The molecule has 4 aromatic rings. The average molecular weight is 371 g/mol. The average Bonchev–Trinajstić information content (AvgIpc) is 3.12. The van der Waals surface area contributed by atoms with E-state index in [4.69, 9.17) is 0 Å². The minimum Gasteiger partial charge on any atom is -0.377 e. The Morgan fingerprint density at radius 3 is 2.64 bits per heavy atom. The van der Waals surface area contributed by atoms with Crippen LogP contribution in [0.4, 0.5) is 11.4 Å². The number of rotatable bonds is 4. The van der Waals surface area contributed by atoms with Crippen molar-refractivity contribution < 1.29 is 4.79 Å². The summed E-state index contributed by atoms with van der Waals surface area (Å²) in [6.45, 7) is 2.00. The molecule has 0 aliphatic carbocycles. The number of hydrogen-bond donors (Lipinski definition) is 1. The largest absolute Gasteiger partial charge is 0.377 e. The maximum atomic E-state index is 12.7. The topological polar surface area (TPSA) is 62.5 Å². The molecule has 0 spiro atoms. The maximum Gasteiger partial charge on any atom is 0.255 e. The lowest BCUT2D eigenvalue weighted by molar-refractivity contribution is 0.102. The Balaban J connectivity index is 1.60. The van der Waals surface area contributed by atoms with Gasteiger partial charge in [0.15, 0.2) is 11.5 Å². The molecule has 2 aromatic heterocycles. The highest BCUT2D eigenvalue weighted by atomic mass is 16.1. The number of hydrogen-bond acceptors (Lipinski definition) is 4. The Labute approximate surface area is 163 Å². The fourth-order valence-corrected chi connectivity index (χ4v) is 3.28. The van der Waals surface area contributed by atoms with Gasteiger partial charge in [0.1, 0.15) is 0 Å². The van der Waals surface area contributed by atoms with E-state index in [0.717, 1.165) is 28.3 Å². The van der Waals surface area contributed by atoms with Crippen LogP contribution >= 0.6 is 0 Å². The van der Waals surface area contributed by atoms with E-state index in [9.17, 15) is 4.79 Å². The fraction of sp³-hybridized carbons (Fsp3) is 0.136. The third-order valence-electron chi connectivity index (χ3n) is 4.63. The van der Waals surface area contributed by atoms with Gasteiger partial charge in [0.25, 0.3) is 5.91 Å². The Hall–Kier alpha value is -3.67. The summed E-state index contributed by atoms with van der Waals surface area (Å²) in [7, 11) is 3.98. The van der Waals surface area contributed by atoms with E-state index < -0.39 is 0 Å². The van der Waals surface area contributed by atoms with Crippen LogP contribution in [0.2, 0.25) is 0 Å². The summed E-state index contributed by atoms with van der Waals surface area (Å²) >= 11 is 0. The SMILES string of the molecule is Cc1cc(C(=O)Nc2cccc(-c3nnc4ccccn34)c2)ccc1N(C)C. The minimum atomic E-state index is -0.142. The number of nitrogens with one attached hydrogen (secondary N) is 1. The number of aryl methyl sites for hydroxylation is 1. The van der Waals surface area contributed by atoms with Crippen LogP contribution in [0, 0.1) is 6.92 Å². The van der Waals surface area contributed by atoms with Crippen LogP contribution in [0.1, 0.15) is 15.9 Å². The van der Waals surface area contributed by atoms with E-state index in [1.54, 1.807) is 0 Å². The molecule has 0 aliphatic heterocycles. The summed E-state index contributed by atoms with van der Waals surface area (Å²) in [5.74, 6) is 0.592. The quantitative estimate of drug-likeness (QED) is 0.588. The van der Waals surface area contributed by atoms with E-state index in [0.29, 0.717) is 11.3 Å². The fourth-order valence-electron chi connectivity index (χ4n) is 3.28. The Kier molecular flexibility index (Phi) is 4.53. The second-order valence-corrected chi connectivity index (χ2v) is 6.88. The number of amides is 1. The zero-order valence-corrected chi connectivity index (χ0v) is 16.0. The Morgan fingerprint density at radius 2 is 1.86 bits per heavy atom. The molecule has 2 heterocycles. The molecule has 6 nitrogen and oxygen atoms in total. The van der Waals surface area contributed by atoms with Gasteiger partial charge in [-0.3, -0.25) is 9.20 Å². The van der Waals surface area contributed by atoms with Crippen molar-refractivity contribution in [3.05, 3.63) is 78.0 Å².